The SMILES string of the molecule is COc1ccc2ncc3[nH]c(Cc4ccon4)nc3c2c1. The van der Waals surface area contributed by atoms with E-state index in [0.29, 0.717) is 6.42 Å². The topological polar surface area (TPSA) is 76.8 Å². The van der Waals surface area contributed by atoms with Gasteiger partial charge in [-0.05, 0) is 18.2 Å². The number of hydrogen-bond acceptors (Lipinski definition) is 5. The Morgan fingerprint density at radius 2 is 2.24 bits per heavy atom. The minimum atomic E-state index is 0.594. The summed E-state index contributed by atoms with van der Waals surface area (Å²) in [6.07, 6.45) is 3.94. The van der Waals surface area contributed by atoms with Crippen LogP contribution < -0.4 is 4.74 Å². The molecule has 0 aliphatic rings. The van der Waals surface area contributed by atoms with E-state index >= 15 is 0 Å². The zero-order valence-corrected chi connectivity index (χ0v) is 11.3. The summed E-state index contributed by atoms with van der Waals surface area (Å²) in [4.78, 5) is 12.4. The van der Waals surface area contributed by atoms with Gasteiger partial charge in [-0.3, -0.25) is 4.98 Å². The van der Waals surface area contributed by atoms with Gasteiger partial charge in [0.15, 0.2) is 0 Å². The first-order chi connectivity index (χ1) is 10.3. The van der Waals surface area contributed by atoms with Gasteiger partial charge in [-0.15, -0.1) is 0 Å². The third-order valence-corrected chi connectivity index (χ3v) is 3.41. The van der Waals surface area contributed by atoms with Crippen LogP contribution in [0.25, 0.3) is 21.9 Å². The van der Waals surface area contributed by atoms with Crippen molar-refractivity contribution in [3.05, 3.63) is 48.2 Å². The Kier molecular flexibility index (Phi) is 2.60. The first-order valence-corrected chi connectivity index (χ1v) is 6.54. The lowest BCUT2D eigenvalue weighted by Gasteiger charge is -2.01. The Labute approximate surface area is 119 Å². The molecule has 1 aromatic carbocycles. The molecule has 0 amide bonds. The normalized spacial score (nSPS) is 11.3. The molecule has 3 heterocycles. The van der Waals surface area contributed by atoms with E-state index in [4.69, 9.17) is 9.26 Å². The van der Waals surface area contributed by atoms with Gasteiger partial charge in [-0.2, -0.15) is 0 Å². The maximum Gasteiger partial charge on any atom is 0.124 e. The maximum absolute atomic E-state index is 5.28. The van der Waals surface area contributed by atoms with E-state index < -0.39 is 0 Å². The molecule has 0 fully saturated rings. The Bertz CT molecular complexity index is 912. The van der Waals surface area contributed by atoms with Crippen molar-refractivity contribution in [2.45, 2.75) is 6.42 Å². The van der Waals surface area contributed by atoms with Gasteiger partial charge in [0.25, 0.3) is 0 Å². The quantitative estimate of drug-likeness (QED) is 0.624. The highest BCUT2D eigenvalue weighted by atomic mass is 16.5. The molecule has 1 N–H and O–H groups in total. The number of aromatic amines is 1. The van der Waals surface area contributed by atoms with Gasteiger partial charge in [-0.25, -0.2) is 4.98 Å². The number of hydrogen-bond donors (Lipinski definition) is 1. The maximum atomic E-state index is 5.28. The summed E-state index contributed by atoms with van der Waals surface area (Å²) in [6.45, 7) is 0. The van der Waals surface area contributed by atoms with Crippen LogP contribution >= 0.6 is 0 Å². The highest BCUT2D eigenvalue weighted by molar-refractivity contribution is 6.02. The number of H-pyrrole nitrogens is 1. The molecule has 0 aliphatic carbocycles. The van der Waals surface area contributed by atoms with Crippen LogP contribution in [0.15, 0.2) is 41.2 Å². The second kappa shape index (κ2) is 4.59. The van der Waals surface area contributed by atoms with E-state index in [9.17, 15) is 0 Å². The van der Waals surface area contributed by atoms with Crippen LogP contribution in [0.2, 0.25) is 0 Å². The fourth-order valence-electron chi connectivity index (χ4n) is 2.40. The van der Waals surface area contributed by atoms with Crippen molar-refractivity contribution in [1.82, 2.24) is 20.1 Å². The summed E-state index contributed by atoms with van der Waals surface area (Å²) in [5.74, 6) is 1.62. The second-order valence-electron chi connectivity index (χ2n) is 4.75. The number of nitrogens with one attached hydrogen (secondary N) is 1. The van der Waals surface area contributed by atoms with Gasteiger partial charge >= 0.3 is 0 Å². The molecule has 0 spiro atoms. The van der Waals surface area contributed by atoms with Gasteiger partial charge in [0.2, 0.25) is 0 Å². The van der Waals surface area contributed by atoms with Gasteiger partial charge in [0.05, 0.1) is 42.0 Å². The van der Waals surface area contributed by atoms with Gasteiger partial charge < -0.3 is 14.2 Å². The predicted octanol–water partition coefficient (Wildman–Crippen LogP) is 2.70. The average molecular weight is 280 g/mol. The summed E-state index contributed by atoms with van der Waals surface area (Å²) in [5, 5.41) is 4.87. The smallest absolute Gasteiger partial charge is 0.124 e. The molecule has 104 valence electrons. The Hall–Kier alpha value is -2.89. The average Bonchev–Trinajstić information content (AvgIpc) is 3.16. The number of nitrogens with zero attached hydrogens (tertiary/aromatic N) is 3. The lowest BCUT2D eigenvalue weighted by atomic mass is 10.2. The molecule has 0 saturated heterocycles. The van der Waals surface area contributed by atoms with Crippen molar-refractivity contribution >= 4 is 21.9 Å². The molecular weight excluding hydrogens is 268 g/mol. The zero-order valence-electron chi connectivity index (χ0n) is 11.3. The molecule has 0 saturated carbocycles. The van der Waals surface area contributed by atoms with Gasteiger partial charge in [0.1, 0.15) is 17.8 Å². The number of rotatable bonds is 3. The third-order valence-electron chi connectivity index (χ3n) is 3.41. The van der Waals surface area contributed by atoms with Crippen molar-refractivity contribution in [2.24, 2.45) is 0 Å². The molecule has 6 nitrogen and oxygen atoms in total. The summed E-state index contributed by atoms with van der Waals surface area (Å²) in [7, 11) is 1.65. The second-order valence-corrected chi connectivity index (χ2v) is 4.75. The number of imidazole rings is 1. The Morgan fingerprint density at radius 3 is 3.05 bits per heavy atom. The minimum Gasteiger partial charge on any atom is -0.497 e. The molecule has 3 aromatic heterocycles. The Balaban J connectivity index is 1.87. The monoisotopic (exact) mass is 280 g/mol. The fraction of sp³-hybridized carbons (Fsp3) is 0.133. The third kappa shape index (κ3) is 2.01. The molecule has 6 heteroatoms. The number of benzene rings is 1. The zero-order chi connectivity index (χ0) is 14.2. The van der Waals surface area contributed by atoms with Gasteiger partial charge in [0, 0.05) is 11.5 Å². The lowest BCUT2D eigenvalue weighted by molar-refractivity contribution is 0.412. The molecule has 21 heavy (non-hydrogen) atoms. The predicted molar refractivity (Wildman–Crippen MR) is 77.3 cm³/mol. The van der Waals surface area contributed by atoms with E-state index in [-0.39, 0.29) is 0 Å². The van der Waals surface area contributed by atoms with E-state index in [2.05, 4.69) is 20.1 Å². The van der Waals surface area contributed by atoms with Crippen LogP contribution in [-0.2, 0) is 6.42 Å². The molecule has 4 rings (SSSR count). The van der Waals surface area contributed by atoms with E-state index in [0.717, 1.165) is 39.2 Å². The highest BCUT2D eigenvalue weighted by Crippen LogP contribution is 2.26. The van der Waals surface area contributed by atoms with Crippen LogP contribution in [-0.4, -0.2) is 27.2 Å². The molecule has 0 bridgehead atoms. The van der Waals surface area contributed by atoms with Crippen LogP contribution in [0.1, 0.15) is 11.5 Å². The van der Waals surface area contributed by atoms with Crippen molar-refractivity contribution < 1.29 is 9.26 Å². The van der Waals surface area contributed by atoms with Crippen LogP contribution in [0.3, 0.4) is 0 Å². The molecule has 0 unspecified atom stereocenters. The van der Waals surface area contributed by atoms with E-state index in [1.807, 2.05) is 24.3 Å². The molecule has 0 radical (unpaired) electrons. The number of pyridine rings is 1. The lowest BCUT2D eigenvalue weighted by Crippen LogP contribution is -1.90. The molecule has 4 aromatic rings. The minimum absolute atomic E-state index is 0.594. The van der Waals surface area contributed by atoms with Crippen molar-refractivity contribution in [1.29, 1.82) is 0 Å². The van der Waals surface area contributed by atoms with E-state index in [1.54, 1.807) is 19.6 Å². The summed E-state index contributed by atoms with van der Waals surface area (Å²) < 4.78 is 10.1. The number of fused-ring (bicyclic) bond motifs is 3. The van der Waals surface area contributed by atoms with Gasteiger partial charge in [-0.1, -0.05) is 5.16 Å². The molecular formula is C15H12N4O2. The fourth-order valence-corrected chi connectivity index (χ4v) is 2.40. The largest absolute Gasteiger partial charge is 0.497 e. The molecule has 0 aliphatic heterocycles. The van der Waals surface area contributed by atoms with Crippen LogP contribution in [0.4, 0.5) is 0 Å². The number of aromatic nitrogens is 4. The van der Waals surface area contributed by atoms with Crippen molar-refractivity contribution in [2.75, 3.05) is 7.11 Å². The first kappa shape index (κ1) is 11.9. The van der Waals surface area contributed by atoms with Crippen molar-refractivity contribution in [3.63, 3.8) is 0 Å². The standard InChI is InChI=1S/C15H12N4O2/c1-20-10-2-3-12-11(7-10)15-13(8-16-12)17-14(18-15)6-9-4-5-21-19-9/h2-5,7-8H,6H2,1H3,(H,17,18). The van der Waals surface area contributed by atoms with Crippen LogP contribution in [0.5, 0.6) is 5.75 Å². The van der Waals surface area contributed by atoms with E-state index in [1.165, 1.54) is 0 Å². The summed E-state index contributed by atoms with van der Waals surface area (Å²) >= 11 is 0. The Morgan fingerprint density at radius 1 is 1.29 bits per heavy atom. The highest BCUT2D eigenvalue weighted by Gasteiger charge is 2.10. The first-order valence-electron chi connectivity index (χ1n) is 6.54. The summed E-state index contributed by atoms with van der Waals surface area (Å²) in [6, 6.07) is 7.60. The summed E-state index contributed by atoms with van der Waals surface area (Å²) in [5.41, 5.74) is 3.51. The number of ether oxygens (including phenoxy) is 1. The van der Waals surface area contributed by atoms with Crippen LogP contribution in [0, 0.1) is 0 Å². The number of methoxy groups -OCH3 is 1. The van der Waals surface area contributed by atoms with Crippen molar-refractivity contribution in [3.8, 4) is 5.75 Å². The molecule has 0 atom stereocenters.